The summed E-state index contributed by atoms with van der Waals surface area (Å²) in [7, 11) is 0. The molecule has 0 aliphatic carbocycles. The van der Waals surface area contributed by atoms with Gasteiger partial charge in [-0.1, -0.05) is 30.3 Å². The minimum atomic E-state index is -0.865. The molecule has 0 saturated heterocycles. The number of rotatable bonds is 5. The number of hydrogen-bond acceptors (Lipinski definition) is 4. The SMILES string of the molecule is NC(=O)[C@H](Cc1ccc(O)cc1)NC(=O)c1cccc2cccnc12. The van der Waals surface area contributed by atoms with Crippen LogP contribution in [0, 0.1) is 0 Å². The minimum absolute atomic E-state index is 0.130. The minimum Gasteiger partial charge on any atom is -0.508 e. The summed E-state index contributed by atoms with van der Waals surface area (Å²) in [6.07, 6.45) is 1.85. The zero-order valence-electron chi connectivity index (χ0n) is 13.3. The molecule has 0 bridgehead atoms. The molecule has 0 aliphatic rings. The van der Waals surface area contributed by atoms with Gasteiger partial charge in [0.2, 0.25) is 5.91 Å². The number of amides is 2. The van der Waals surface area contributed by atoms with Crippen LogP contribution in [0.15, 0.2) is 60.8 Å². The first-order valence-corrected chi connectivity index (χ1v) is 7.76. The number of benzene rings is 2. The van der Waals surface area contributed by atoms with Crippen molar-refractivity contribution in [1.29, 1.82) is 0 Å². The molecule has 0 unspecified atom stereocenters. The fourth-order valence-corrected chi connectivity index (χ4v) is 2.61. The second-order valence-corrected chi connectivity index (χ2v) is 5.68. The van der Waals surface area contributed by atoms with E-state index in [9.17, 15) is 14.7 Å². The highest BCUT2D eigenvalue weighted by Crippen LogP contribution is 2.16. The third-order valence-electron chi connectivity index (χ3n) is 3.90. The highest BCUT2D eigenvalue weighted by atomic mass is 16.3. The molecule has 0 spiro atoms. The van der Waals surface area contributed by atoms with E-state index in [4.69, 9.17) is 5.73 Å². The molecule has 126 valence electrons. The number of carbonyl (C=O) groups is 2. The van der Waals surface area contributed by atoms with Crippen LogP contribution in [-0.2, 0) is 11.2 Å². The van der Waals surface area contributed by atoms with Crippen molar-refractivity contribution in [2.24, 2.45) is 5.73 Å². The van der Waals surface area contributed by atoms with E-state index in [-0.39, 0.29) is 12.2 Å². The summed E-state index contributed by atoms with van der Waals surface area (Å²) in [6, 6.07) is 14.5. The number of para-hydroxylation sites is 1. The van der Waals surface area contributed by atoms with Crippen LogP contribution in [0.3, 0.4) is 0 Å². The lowest BCUT2D eigenvalue weighted by Gasteiger charge is -2.16. The maximum absolute atomic E-state index is 12.6. The van der Waals surface area contributed by atoms with Gasteiger partial charge in [-0.2, -0.15) is 0 Å². The number of phenolic OH excluding ortho intramolecular Hbond substituents is 1. The molecule has 1 aromatic heterocycles. The Morgan fingerprint density at radius 2 is 1.80 bits per heavy atom. The first-order chi connectivity index (χ1) is 12.0. The summed E-state index contributed by atoms with van der Waals surface area (Å²) in [4.78, 5) is 28.6. The predicted octanol–water partition coefficient (Wildman–Crippen LogP) is 1.77. The van der Waals surface area contributed by atoms with Gasteiger partial charge in [-0.15, -0.1) is 0 Å². The topological polar surface area (TPSA) is 105 Å². The number of aromatic hydroxyl groups is 1. The highest BCUT2D eigenvalue weighted by Gasteiger charge is 2.21. The highest BCUT2D eigenvalue weighted by molar-refractivity contribution is 6.06. The molecular weight excluding hydrogens is 318 g/mol. The molecule has 0 radical (unpaired) electrons. The summed E-state index contributed by atoms with van der Waals surface area (Å²) in [5, 5.41) is 12.8. The Labute approximate surface area is 144 Å². The smallest absolute Gasteiger partial charge is 0.254 e. The zero-order valence-corrected chi connectivity index (χ0v) is 13.3. The number of aromatic nitrogens is 1. The molecule has 2 aromatic carbocycles. The fourth-order valence-electron chi connectivity index (χ4n) is 2.61. The van der Waals surface area contributed by atoms with Crippen molar-refractivity contribution in [2.75, 3.05) is 0 Å². The average molecular weight is 335 g/mol. The number of pyridine rings is 1. The number of nitrogens with two attached hydrogens (primary N) is 1. The second-order valence-electron chi connectivity index (χ2n) is 5.68. The number of carbonyl (C=O) groups excluding carboxylic acids is 2. The van der Waals surface area contributed by atoms with Crippen LogP contribution < -0.4 is 11.1 Å². The van der Waals surface area contributed by atoms with Crippen LogP contribution in [0.1, 0.15) is 15.9 Å². The zero-order chi connectivity index (χ0) is 17.8. The van der Waals surface area contributed by atoms with Crippen LogP contribution >= 0.6 is 0 Å². The number of nitrogens with zero attached hydrogens (tertiary/aromatic N) is 1. The third kappa shape index (κ3) is 3.74. The molecule has 0 saturated carbocycles. The third-order valence-corrected chi connectivity index (χ3v) is 3.90. The van der Waals surface area contributed by atoms with Gasteiger partial charge in [0.15, 0.2) is 0 Å². The average Bonchev–Trinajstić information content (AvgIpc) is 2.62. The van der Waals surface area contributed by atoms with E-state index in [0.717, 1.165) is 10.9 Å². The van der Waals surface area contributed by atoms with E-state index >= 15 is 0 Å². The van der Waals surface area contributed by atoms with Crippen molar-refractivity contribution in [2.45, 2.75) is 12.5 Å². The molecule has 6 nitrogen and oxygen atoms in total. The van der Waals surface area contributed by atoms with Gasteiger partial charge in [-0.3, -0.25) is 14.6 Å². The van der Waals surface area contributed by atoms with Gasteiger partial charge in [0.1, 0.15) is 11.8 Å². The van der Waals surface area contributed by atoms with Crippen LogP contribution in [0.5, 0.6) is 5.75 Å². The molecule has 3 rings (SSSR count). The van der Waals surface area contributed by atoms with E-state index in [1.54, 1.807) is 36.5 Å². The van der Waals surface area contributed by atoms with Gasteiger partial charge < -0.3 is 16.2 Å². The van der Waals surface area contributed by atoms with Crippen molar-refractivity contribution in [3.63, 3.8) is 0 Å². The molecule has 1 atom stereocenters. The van der Waals surface area contributed by atoms with Crippen LogP contribution in [0.4, 0.5) is 0 Å². The van der Waals surface area contributed by atoms with Crippen molar-refractivity contribution in [3.05, 3.63) is 71.9 Å². The van der Waals surface area contributed by atoms with Gasteiger partial charge in [0.05, 0.1) is 11.1 Å². The summed E-state index contributed by atoms with van der Waals surface area (Å²) in [5.74, 6) is -0.910. The molecular formula is C19H17N3O3. The molecule has 0 fully saturated rings. The summed E-state index contributed by atoms with van der Waals surface area (Å²) in [5.41, 5.74) is 7.16. The van der Waals surface area contributed by atoms with E-state index in [0.29, 0.717) is 11.1 Å². The summed E-state index contributed by atoms with van der Waals surface area (Å²) >= 11 is 0. The van der Waals surface area contributed by atoms with Gasteiger partial charge in [0, 0.05) is 18.0 Å². The van der Waals surface area contributed by atoms with E-state index in [2.05, 4.69) is 10.3 Å². The Kier molecular flexibility index (Phi) is 4.61. The first-order valence-electron chi connectivity index (χ1n) is 7.76. The Hall–Kier alpha value is -3.41. The number of primary amides is 1. The number of fused-ring (bicyclic) bond motifs is 1. The Morgan fingerprint density at radius 1 is 1.08 bits per heavy atom. The Morgan fingerprint density at radius 3 is 2.52 bits per heavy atom. The van der Waals surface area contributed by atoms with Crippen LogP contribution in [0.2, 0.25) is 0 Å². The molecule has 4 N–H and O–H groups in total. The molecule has 25 heavy (non-hydrogen) atoms. The molecule has 0 aliphatic heterocycles. The second kappa shape index (κ2) is 7.00. The van der Waals surface area contributed by atoms with E-state index in [1.807, 2.05) is 12.1 Å². The van der Waals surface area contributed by atoms with E-state index < -0.39 is 17.9 Å². The molecule has 2 amide bonds. The number of hydrogen-bond donors (Lipinski definition) is 3. The lowest BCUT2D eigenvalue weighted by Crippen LogP contribution is -2.45. The van der Waals surface area contributed by atoms with Gasteiger partial charge in [-0.05, 0) is 29.8 Å². The number of phenols is 1. The molecule has 1 heterocycles. The van der Waals surface area contributed by atoms with Crippen molar-refractivity contribution < 1.29 is 14.7 Å². The summed E-state index contributed by atoms with van der Waals surface area (Å²) in [6.45, 7) is 0. The molecule has 6 heteroatoms. The van der Waals surface area contributed by atoms with Crippen LogP contribution in [0.25, 0.3) is 10.9 Å². The lowest BCUT2D eigenvalue weighted by molar-refractivity contribution is -0.119. The summed E-state index contributed by atoms with van der Waals surface area (Å²) < 4.78 is 0. The van der Waals surface area contributed by atoms with Gasteiger partial charge in [0.25, 0.3) is 5.91 Å². The molecule has 3 aromatic rings. The standard InChI is InChI=1S/C19H17N3O3/c20-18(24)16(11-12-6-8-14(23)9-7-12)22-19(25)15-5-1-3-13-4-2-10-21-17(13)15/h1-10,16,23H,11H2,(H2,20,24)(H,22,25)/t16-/m0/s1. The van der Waals surface area contributed by atoms with Crippen LogP contribution in [-0.4, -0.2) is 27.9 Å². The maximum Gasteiger partial charge on any atom is 0.254 e. The van der Waals surface area contributed by atoms with Gasteiger partial charge >= 0.3 is 0 Å². The van der Waals surface area contributed by atoms with Crippen molar-refractivity contribution in [3.8, 4) is 5.75 Å². The first kappa shape index (κ1) is 16.4. The van der Waals surface area contributed by atoms with Crippen molar-refractivity contribution in [1.82, 2.24) is 10.3 Å². The number of nitrogens with one attached hydrogen (secondary N) is 1. The largest absolute Gasteiger partial charge is 0.508 e. The van der Waals surface area contributed by atoms with E-state index in [1.165, 1.54) is 12.1 Å². The fraction of sp³-hybridized carbons (Fsp3) is 0.105. The lowest BCUT2D eigenvalue weighted by atomic mass is 10.0. The monoisotopic (exact) mass is 335 g/mol. The maximum atomic E-state index is 12.6. The Balaban J connectivity index is 1.83. The Bertz CT molecular complexity index is 917. The van der Waals surface area contributed by atoms with Gasteiger partial charge in [-0.25, -0.2) is 0 Å². The predicted molar refractivity (Wildman–Crippen MR) is 94.0 cm³/mol. The normalized spacial score (nSPS) is 11.8. The van der Waals surface area contributed by atoms with Crippen molar-refractivity contribution >= 4 is 22.7 Å². The quantitative estimate of drug-likeness (QED) is 0.661.